The molecule has 204 valence electrons. The standard InChI is InChI=1S/C31H31FN6O2/c1-3-28(39)34-24-14-6-21(7-15-24)18-26(33)31(40)37-16-17-38-27(19-37)36-29(22-8-10-23(32)11-9-22)30(38)35-25-12-4-20(2)5-13-25/h4-17,26,35H,3,18-19,33H2,1-2H3,(H,34,39). The zero-order valence-electron chi connectivity index (χ0n) is 22.4. The zero-order chi connectivity index (χ0) is 28.2. The zero-order valence-corrected chi connectivity index (χ0v) is 22.4. The maximum atomic E-state index is 13.6. The quantitative estimate of drug-likeness (QED) is 0.277. The Bertz CT molecular complexity index is 1540. The summed E-state index contributed by atoms with van der Waals surface area (Å²) in [5.41, 5.74) is 11.3. The summed E-state index contributed by atoms with van der Waals surface area (Å²) in [5.74, 6) is 0.744. The summed E-state index contributed by atoms with van der Waals surface area (Å²) < 4.78 is 15.5. The van der Waals surface area contributed by atoms with Crippen molar-refractivity contribution in [2.75, 3.05) is 10.6 Å². The van der Waals surface area contributed by atoms with Crippen molar-refractivity contribution in [3.63, 3.8) is 0 Å². The molecule has 8 nitrogen and oxygen atoms in total. The Hall–Kier alpha value is -4.76. The smallest absolute Gasteiger partial charge is 0.244 e. The van der Waals surface area contributed by atoms with Gasteiger partial charge in [0.2, 0.25) is 11.8 Å². The van der Waals surface area contributed by atoms with E-state index < -0.39 is 6.04 Å². The lowest BCUT2D eigenvalue weighted by molar-refractivity contribution is -0.130. The molecule has 0 saturated carbocycles. The van der Waals surface area contributed by atoms with Crippen molar-refractivity contribution in [2.24, 2.45) is 5.73 Å². The summed E-state index contributed by atoms with van der Waals surface area (Å²) >= 11 is 0. The van der Waals surface area contributed by atoms with Gasteiger partial charge in [-0.2, -0.15) is 0 Å². The van der Waals surface area contributed by atoms with Crippen molar-refractivity contribution in [1.29, 1.82) is 0 Å². The largest absolute Gasteiger partial charge is 0.339 e. The molecule has 1 atom stereocenters. The minimum atomic E-state index is -0.760. The molecule has 0 spiro atoms. The van der Waals surface area contributed by atoms with Crippen LogP contribution in [0.3, 0.4) is 0 Å². The molecule has 5 rings (SSSR count). The van der Waals surface area contributed by atoms with E-state index in [2.05, 4.69) is 10.6 Å². The molecule has 1 aliphatic heterocycles. The predicted molar refractivity (Wildman–Crippen MR) is 155 cm³/mol. The summed E-state index contributed by atoms with van der Waals surface area (Å²) in [5, 5.41) is 6.25. The second-order valence-corrected chi connectivity index (χ2v) is 9.77. The molecular weight excluding hydrogens is 507 g/mol. The van der Waals surface area contributed by atoms with Crippen molar-refractivity contribution in [3.05, 3.63) is 102 Å². The lowest BCUT2D eigenvalue weighted by Crippen LogP contribution is -2.43. The van der Waals surface area contributed by atoms with Gasteiger partial charge in [0, 0.05) is 35.8 Å². The van der Waals surface area contributed by atoms with Crippen LogP contribution in [0.1, 0.15) is 30.3 Å². The lowest BCUT2D eigenvalue weighted by Gasteiger charge is -2.25. The number of hydrogen-bond acceptors (Lipinski definition) is 5. The van der Waals surface area contributed by atoms with E-state index in [-0.39, 0.29) is 24.2 Å². The first-order valence-electron chi connectivity index (χ1n) is 13.1. The molecule has 3 aromatic carbocycles. The summed E-state index contributed by atoms with van der Waals surface area (Å²) in [6.07, 6.45) is 4.23. The molecule has 0 radical (unpaired) electrons. The number of aromatic nitrogens is 2. The second kappa shape index (κ2) is 11.5. The van der Waals surface area contributed by atoms with Crippen LogP contribution in [0.2, 0.25) is 0 Å². The highest BCUT2D eigenvalue weighted by Gasteiger charge is 2.27. The fraction of sp³-hybridized carbons (Fsp3) is 0.194. The van der Waals surface area contributed by atoms with Crippen LogP contribution >= 0.6 is 0 Å². The molecule has 0 saturated heterocycles. The van der Waals surface area contributed by atoms with Crippen LogP contribution < -0.4 is 16.4 Å². The van der Waals surface area contributed by atoms with Gasteiger partial charge in [0.1, 0.15) is 23.2 Å². The van der Waals surface area contributed by atoms with Crippen molar-refractivity contribution in [1.82, 2.24) is 14.5 Å². The van der Waals surface area contributed by atoms with Gasteiger partial charge in [-0.15, -0.1) is 0 Å². The Morgan fingerprint density at radius 3 is 2.33 bits per heavy atom. The van der Waals surface area contributed by atoms with Gasteiger partial charge in [0.05, 0.1) is 12.6 Å². The number of imidazole rings is 1. The monoisotopic (exact) mass is 538 g/mol. The summed E-state index contributed by atoms with van der Waals surface area (Å²) in [7, 11) is 0. The summed E-state index contributed by atoms with van der Waals surface area (Å²) in [6.45, 7) is 4.05. The molecule has 9 heteroatoms. The van der Waals surface area contributed by atoms with E-state index in [1.807, 2.05) is 47.9 Å². The van der Waals surface area contributed by atoms with E-state index in [9.17, 15) is 14.0 Å². The number of anilines is 3. The molecule has 40 heavy (non-hydrogen) atoms. The molecule has 1 aromatic heterocycles. The van der Waals surface area contributed by atoms with Gasteiger partial charge in [-0.05, 0) is 67.4 Å². The van der Waals surface area contributed by atoms with Crippen LogP contribution in [0, 0.1) is 12.7 Å². The number of nitrogens with one attached hydrogen (secondary N) is 2. The first-order chi connectivity index (χ1) is 19.3. The van der Waals surface area contributed by atoms with Gasteiger partial charge >= 0.3 is 0 Å². The maximum absolute atomic E-state index is 13.6. The molecular formula is C31H31FN6O2. The van der Waals surface area contributed by atoms with E-state index in [1.54, 1.807) is 48.5 Å². The highest BCUT2D eigenvalue weighted by atomic mass is 19.1. The van der Waals surface area contributed by atoms with E-state index in [4.69, 9.17) is 10.7 Å². The minimum Gasteiger partial charge on any atom is -0.339 e. The van der Waals surface area contributed by atoms with Crippen molar-refractivity contribution in [2.45, 2.75) is 39.3 Å². The molecule has 2 heterocycles. The number of nitrogens with two attached hydrogens (primary N) is 1. The average Bonchev–Trinajstić information content (AvgIpc) is 3.32. The number of aryl methyl sites for hydroxylation is 1. The van der Waals surface area contributed by atoms with Crippen LogP contribution in [-0.4, -0.2) is 32.3 Å². The molecule has 4 aromatic rings. The van der Waals surface area contributed by atoms with Gasteiger partial charge in [-0.3, -0.25) is 14.2 Å². The van der Waals surface area contributed by atoms with Gasteiger partial charge in [0.15, 0.2) is 0 Å². The number of amides is 2. The molecule has 0 aliphatic carbocycles. The molecule has 1 unspecified atom stereocenters. The van der Waals surface area contributed by atoms with E-state index >= 15 is 0 Å². The number of halogens is 1. The van der Waals surface area contributed by atoms with Gasteiger partial charge < -0.3 is 21.3 Å². The van der Waals surface area contributed by atoms with Crippen LogP contribution in [0.4, 0.5) is 21.6 Å². The highest BCUT2D eigenvalue weighted by molar-refractivity contribution is 5.90. The second-order valence-electron chi connectivity index (χ2n) is 9.77. The van der Waals surface area contributed by atoms with Gasteiger partial charge in [0.25, 0.3) is 0 Å². The maximum Gasteiger partial charge on any atom is 0.244 e. The van der Waals surface area contributed by atoms with Crippen molar-refractivity contribution in [3.8, 4) is 11.3 Å². The number of fused-ring (bicyclic) bond motifs is 1. The first-order valence-corrected chi connectivity index (χ1v) is 13.1. The molecule has 0 bridgehead atoms. The number of carbonyl (C=O) groups is 2. The SMILES string of the molecule is CCC(=O)Nc1ccc(CC(N)C(=O)N2C=Cn3c(nc(-c4ccc(F)cc4)c3Nc3ccc(C)cc3)C2)cc1. The molecule has 1 aliphatic rings. The number of carbonyl (C=O) groups excluding carboxylic acids is 2. The van der Waals surface area contributed by atoms with Gasteiger partial charge in [-0.1, -0.05) is 36.8 Å². The number of benzene rings is 3. The van der Waals surface area contributed by atoms with Crippen molar-refractivity contribution >= 4 is 35.2 Å². The van der Waals surface area contributed by atoms with Crippen LogP contribution in [0.5, 0.6) is 0 Å². The van der Waals surface area contributed by atoms with E-state index in [0.717, 1.165) is 22.4 Å². The van der Waals surface area contributed by atoms with Crippen LogP contribution in [0.15, 0.2) is 79.0 Å². The highest BCUT2D eigenvalue weighted by Crippen LogP contribution is 2.34. The Morgan fingerprint density at radius 2 is 1.65 bits per heavy atom. The first kappa shape index (κ1) is 26.8. The lowest BCUT2D eigenvalue weighted by atomic mass is 10.0. The normalized spacial score (nSPS) is 13.1. The Balaban J connectivity index is 1.35. The number of hydrogen-bond donors (Lipinski definition) is 3. The fourth-order valence-corrected chi connectivity index (χ4v) is 4.48. The average molecular weight is 539 g/mol. The topological polar surface area (TPSA) is 105 Å². The van der Waals surface area contributed by atoms with Gasteiger partial charge in [-0.25, -0.2) is 9.37 Å². The molecule has 4 N–H and O–H groups in total. The third-order valence-corrected chi connectivity index (χ3v) is 6.74. The molecule has 0 fully saturated rings. The Kier molecular flexibility index (Phi) is 7.75. The number of nitrogens with zero attached hydrogens (tertiary/aromatic N) is 3. The van der Waals surface area contributed by atoms with Crippen LogP contribution in [-0.2, 0) is 22.6 Å². The van der Waals surface area contributed by atoms with Crippen LogP contribution in [0.25, 0.3) is 17.5 Å². The predicted octanol–water partition coefficient (Wildman–Crippen LogP) is 5.43. The minimum absolute atomic E-state index is 0.0605. The molecule has 2 amide bonds. The summed E-state index contributed by atoms with van der Waals surface area (Å²) in [4.78, 5) is 31.3. The van der Waals surface area contributed by atoms with E-state index in [1.165, 1.54) is 12.1 Å². The summed E-state index contributed by atoms with van der Waals surface area (Å²) in [6, 6.07) is 20.7. The van der Waals surface area contributed by atoms with Crippen molar-refractivity contribution < 1.29 is 14.0 Å². The Labute approximate surface area is 232 Å². The third-order valence-electron chi connectivity index (χ3n) is 6.74. The number of rotatable bonds is 8. The third kappa shape index (κ3) is 5.94. The Morgan fingerprint density at radius 1 is 0.975 bits per heavy atom. The van der Waals surface area contributed by atoms with E-state index in [0.29, 0.717) is 35.9 Å². The fourth-order valence-electron chi connectivity index (χ4n) is 4.48.